The van der Waals surface area contributed by atoms with Gasteiger partial charge in [-0.15, -0.1) is 6.42 Å². The Balaban J connectivity index is -0.0000106. The summed E-state index contributed by atoms with van der Waals surface area (Å²) in [6.07, 6.45) is 4.96. The molecular weight excluding hydrogens is 1540 g/mol. The molecule has 3 radical (unpaired) electrons. The van der Waals surface area contributed by atoms with Gasteiger partial charge >= 0.3 is 0 Å². The number of terminal acetylenes is 1. The number of hydrogen-bond acceptors (Lipinski definition) is 1. The van der Waals surface area contributed by atoms with Gasteiger partial charge in [-0.3, -0.25) is 4.79 Å². The number of rotatable bonds is 0. The highest BCUT2D eigenvalue weighted by atomic mass is 16.1. The quantitative estimate of drug-likeness (QED) is 0.286. The van der Waals surface area contributed by atoms with Crippen molar-refractivity contribution < 1.29 is 4.79 Å². The SMILES string of the molecule is C#CC#CC#CC#CC#CC#CC#CC#CC#CC#CC#CC#CC#CC#CC#CC#CC#CC#CC#CC#CC#CC#CC#CC#CC#CC#CC#CC#CC#CC#CC#CC#CC#CC#CC#CC#CC#CC#CC#CC#CC#CC#CC#CC#CC#CC#CC#CC#CC#CC#CC#CC#CC#CC#CC#CC#CC#CC#CC#CC#CC.CC.CC(N)=O.[B]. The predicted molar refractivity (Wildman–Crippen MR) is 505 cm³/mol. The van der Waals surface area contributed by atoms with Crippen molar-refractivity contribution in [3.05, 3.63) is 0 Å². The van der Waals surface area contributed by atoms with Crippen molar-refractivity contribution in [3.8, 4) is 711 Å². The number of hydrogen-bond donors (Lipinski definition) is 1. The molecule has 0 fully saturated rings. The summed E-state index contributed by atoms with van der Waals surface area (Å²) in [6.45, 7) is 6.99. The van der Waals surface area contributed by atoms with Crippen LogP contribution in [0.5, 0.6) is 0 Å². The van der Waals surface area contributed by atoms with Gasteiger partial charge in [0.1, 0.15) is 0 Å². The number of carbonyl (C=O) groups excluding carboxylic acids is 1. The molecule has 3 heteroatoms. The molecule has 0 aliphatic carbocycles. The van der Waals surface area contributed by atoms with E-state index in [9.17, 15) is 4.79 Å². The van der Waals surface area contributed by atoms with E-state index >= 15 is 0 Å². The molecule has 0 aromatic carbocycles. The molecule has 2 N–H and O–H groups in total. The van der Waals surface area contributed by atoms with Crippen LogP contribution in [0.4, 0.5) is 0 Å². The zero-order chi connectivity index (χ0) is 91.7. The van der Waals surface area contributed by atoms with Gasteiger partial charge < -0.3 is 5.73 Å². The first kappa shape index (κ1) is 107. The molecule has 0 aliphatic heterocycles. The van der Waals surface area contributed by atoms with Crippen LogP contribution >= 0.6 is 0 Å². The second-order valence-electron chi connectivity index (χ2n) is 15.6. The van der Waals surface area contributed by atoms with Crippen molar-refractivity contribution in [2.24, 2.45) is 5.73 Å². The molecule has 1 amide bonds. The van der Waals surface area contributed by atoms with E-state index in [0.29, 0.717) is 0 Å². The summed E-state index contributed by atoms with van der Waals surface area (Å²) in [7, 11) is 0. The van der Waals surface area contributed by atoms with E-state index in [1.54, 1.807) is 6.92 Å². The summed E-state index contributed by atoms with van der Waals surface area (Å²) >= 11 is 0. The highest BCUT2D eigenvalue weighted by molar-refractivity contribution is 5.75. The molecule has 128 heavy (non-hydrogen) atoms. The Kier molecular flexibility index (Phi) is 91.3. The molecule has 2 nitrogen and oxygen atoms in total. The zero-order valence-corrected chi connectivity index (χ0v) is 66.1. The van der Waals surface area contributed by atoms with E-state index in [2.05, 4.69) is 710 Å². The largest absolute Gasteiger partial charge is 0.370 e. The van der Waals surface area contributed by atoms with E-state index in [1.807, 2.05) is 13.8 Å². The Bertz CT molecular complexity index is 8640. The first-order valence-corrected chi connectivity index (χ1v) is 32.3. The van der Waals surface area contributed by atoms with Crippen LogP contribution < -0.4 is 5.73 Å². The van der Waals surface area contributed by atoms with Crippen LogP contribution in [0.25, 0.3) is 0 Å². The fraction of sp³-hybridized carbons (Fsp3) is 0.0320. The van der Waals surface area contributed by atoms with Gasteiger partial charge in [-0.05, 0) is 102 Å². The lowest BCUT2D eigenvalue weighted by Crippen LogP contribution is -2.01. The van der Waals surface area contributed by atoms with Gasteiger partial charge in [0, 0.05) is 619 Å². The second-order valence-corrected chi connectivity index (χ2v) is 15.6. The first-order chi connectivity index (χ1) is 63.1. The average Bonchev–Trinajstić information content (AvgIpc) is 1.14. The normalized spacial score (nSPS) is 3.99. The molecular formula is C125H15BNO. The summed E-state index contributed by atoms with van der Waals surface area (Å²) in [6, 6.07) is 0. The molecule has 0 heterocycles. The second kappa shape index (κ2) is 109. The first-order valence-electron chi connectivity index (χ1n) is 32.3. The van der Waals surface area contributed by atoms with E-state index in [-0.39, 0.29) is 14.3 Å². The number of amides is 1. The van der Waals surface area contributed by atoms with E-state index < -0.39 is 0 Å². The van der Waals surface area contributed by atoms with Crippen molar-refractivity contribution >= 4 is 14.3 Å². The van der Waals surface area contributed by atoms with Crippen LogP contribution in [0, 0.1) is 711 Å². The van der Waals surface area contributed by atoms with E-state index in [1.165, 1.54) is 6.92 Å². The molecule has 0 bridgehead atoms. The summed E-state index contributed by atoms with van der Waals surface area (Å²) in [5.41, 5.74) is 4.47. The minimum atomic E-state index is -0.333. The van der Waals surface area contributed by atoms with Crippen molar-refractivity contribution in [1.82, 2.24) is 0 Å². The van der Waals surface area contributed by atoms with Crippen LogP contribution in [-0.2, 0) is 4.79 Å². The van der Waals surface area contributed by atoms with Crippen LogP contribution in [-0.4, -0.2) is 14.3 Å². The van der Waals surface area contributed by atoms with Crippen molar-refractivity contribution in [3.63, 3.8) is 0 Å². The monoisotopic (exact) mass is 1560 g/mol. The minimum Gasteiger partial charge on any atom is -0.370 e. The van der Waals surface area contributed by atoms with Crippen LogP contribution in [0.15, 0.2) is 0 Å². The lowest BCUT2D eigenvalue weighted by atomic mass is 10.4. The highest BCUT2D eigenvalue weighted by Gasteiger charge is 1.70. The van der Waals surface area contributed by atoms with Gasteiger partial charge in [0.15, 0.2) is 0 Å². The number of primary amides is 1. The highest BCUT2D eigenvalue weighted by Crippen LogP contribution is 1.69. The fourth-order valence-electron chi connectivity index (χ4n) is 3.69. The van der Waals surface area contributed by atoms with Gasteiger partial charge in [-0.25, -0.2) is 0 Å². The molecule has 0 aromatic heterocycles. The van der Waals surface area contributed by atoms with E-state index in [4.69, 9.17) is 6.42 Å². The minimum absolute atomic E-state index is 0. The van der Waals surface area contributed by atoms with Gasteiger partial charge in [-0.1, -0.05) is 19.8 Å². The Labute approximate surface area is 758 Å². The van der Waals surface area contributed by atoms with Gasteiger partial charge in [0.25, 0.3) is 0 Å². The molecule has 0 spiro atoms. The zero-order valence-electron chi connectivity index (χ0n) is 66.1. The molecule has 0 aliphatic rings. The standard InChI is InChI=1S/C121H4.C2H5NO.C2H6.B/c1-3-5-7-9-11-13-15-17-19-21-23-25-27-29-31-33-35-37-39-41-43-45-47-49-51-53-55-57-59-61-63-65-67-69-71-73-75-77-79-81-83-85-87-89-91-93-95-97-99-101-103-105-107-109-111-113-115-117-119-121-120-118-116-114-112-110-108-106-104-102-100-98-96-94-92-90-88-86-84-82-80-78-76-74-72-70-68-66-64-62-60-58-56-54-52-50-48-46-44-42-40-38-36-34-32-30-28-26-24-22-20-18-16-14-12-10-8-6-4-2;1-2(3)4;1-2;/h1H,2H3;1H3,(H2,3,4);1-2H3;. The maximum absolute atomic E-state index is 9.22. The third kappa shape index (κ3) is 115. The third-order valence-electron chi connectivity index (χ3n) is 7.45. The van der Waals surface area contributed by atoms with E-state index in [0.717, 1.165) is 0 Å². The molecule has 529 valence electrons. The number of carbonyl (C=O) groups is 1. The summed E-state index contributed by atoms with van der Waals surface area (Å²) in [4.78, 5) is 9.22. The molecule has 0 unspecified atom stereocenters. The molecule has 0 aromatic rings. The average molecular weight is 1560 g/mol. The molecule has 0 saturated carbocycles. The third-order valence-corrected chi connectivity index (χ3v) is 7.45. The maximum Gasteiger partial charge on any atom is 0.214 e. The fourth-order valence-corrected chi connectivity index (χ4v) is 3.69. The summed E-state index contributed by atoms with van der Waals surface area (Å²) in [5, 5.41) is 0. The smallest absolute Gasteiger partial charge is 0.214 e. The molecule has 0 saturated heterocycles. The van der Waals surface area contributed by atoms with Crippen LogP contribution in [0.3, 0.4) is 0 Å². The van der Waals surface area contributed by atoms with Crippen molar-refractivity contribution in [2.45, 2.75) is 27.7 Å². The Morgan fingerprint density at radius 2 is 0.172 bits per heavy atom. The predicted octanol–water partition coefficient (Wildman–Crippen LogP) is 0.977. The van der Waals surface area contributed by atoms with Crippen molar-refractivity contribution in [2.75, 3.05) is 0 Å². The van der Waals surface area contributed by atoms with Gasteiger partial charge in [0.05, 0.1) is 0 Å². The number of nitrogens with two attached hydrogens (primary N) is 1. The van der Waals surface area contributed by atoms with Crippen LogP contribution in [0.2, 0.25) is 0 Å². The van der Waals surface area contributed by atoms with Crippen molar-refractivity contribution in [1.29, 1.82) is 0 Å². The summed E-state index contributed by atoms with van der Waals surface area (Å²) in [5.74, 6) is 297. The lowest BCUT2D eigenvalue weighted by Gasteiger charge is -1.60. The molecule has 0 atom stereocenters. The Morgan fingerprint density at radius 1 is 0.133 bits per heavy atom. The van der Waals surface area contributed by atoms with Crippen LogP contribution in [0.1, 0.15) is 27.7 Å². The van der Waals surface area contributed by atoms with Gasteiger partial charge in [-0.2, -0.15) is 0 Å². The van der Waals surface area contributed by atoms with Gasteiger partial charge in [0.2, 0.25) is 5.91 Å². The summed E-state index contributed by atoms with van der Waals surface area (Å²) < 4.78 is 0. The molecule has 0 rings (SSSR count). The Morgan fingerprint density at radius 3 is 0.211 bits per heavy atom. The lowest BCUT2D eigenvalue weighted by molar-refractivity contribution is -0.115. The Hall–Kier alpha value is -26.9. The maximum atomic E-state index is 9.22. The topological polar surface area (TPSA) is 43.1 Å².